The topological polar surface area (TPSA) is 42.7 Å². The predicted octanol–water partition coefficient (Wildman–Crippen LogP) is 3.86. The molecule has 124 valence electrons. The Labute approximate surface area is 135 Å². The molecular weight excluding hydrogens is 297 g/mol. The van der Waals surface area contributed by atoms with Crippen LogP contribution >= 0.6 is 0 Å². The van der Waals surface area contributed by atoms with E-state index in [4.69, 9.17) is 4.42 Å². The normalized spacial score (nSPS) is 11.2. The van der Waals surface area contributed by atoms with Gasteiger partial charge in [-0.15, -0.1) is 0 Å². The monoisotopic (exact) mass is 319 g/mol. The Bertz CT molecular complexity index is 634. The third-order valence-electron chi connectivity index (χ3n) is 3.37. The second-order valence-electron chi connectivity index (χ2n) is 5.95. The van der Waals surface area contributed by atoms with Gasteiger partial charge in [-0.25, -0.2) is 9.18 Å². The fourth-order valence-electron chi connectivity index (χ4n) is 2.44. The Hall–Kier alpha value is -2.14. The average Bonchev–Trinajstić information content (AvgIpc) is 2.96. The van der Waals surface area contributed by atoms with Gasteiger partial charge in [0, 0.05) is 13.1 Å². The molecule has 5 heteroatoms. The molecule has 0 radical (unpaired) electrons. The minimum atomic E-state index is -0.481. The zero-order valence-electron chi connectivity index (χ0n) is 13.7. The van der Waals surface area contributed by atoms with Gasteiger partial charge in [-0.1, -0.05) is 26.0 Å². The zero-order chi connectivity index (χ0) is 16.8. The molecule has 1 aromatic heterocycles. The predicted molar refractivity (Wildman–Crippen MR) is 85.4 cm³/mol. The molecule has 0 spiro atoms. The molecule has 1 aromatic carbocycles. The van der Waals surface area contributed by atoms with Gasteiger partial charge in [0.1, 0.15) is 11.6 Å². The number of ether oxygens (including phenoxy) is 1. The standard InChI is InChI=1S/C18H22FNO3/c1-13(2)10-20(11-14-4-6-15(19)7-5-14)12-16-8-9-17(23-16)18(21)22-3/h4-9,13H,10-12H2,1-3H3. The largest absolute Gasteiger partial charge is 0.463 e. The summed E-state index contributed by atoms with van der Waals surface area (Å²) in [6.07, 6.45) is 0. The number of furan rings is 1. The lowest BCUT2D eigenvalue weighted by Gasteiger charge is -2.23. The third kappa shape index (κ3) is 5.21. The quantitative estimate of drug-likeness (QED) is 0.727. The Balaban J connectivity index is 2.07. The van der Waals surface area contributed by atoms with Crippen LogP contribution in [0.4, 0.5) is 4.39 Å². The van der Waals surface area contributed by atoms with Crippen molar-refractivity contribution in [3.05, 3.63) is 59.3 Å². The third-order valence-corrected chi connectivity index (χ3v) is 3.37. The summed E-state index contributed by atoms with van der Waals surface area (Å²) in [6.45, 7) is 6.41. The van der Waals surface area contributed by atoms with Gasteiger partial charge in [0.25, 0.3) is 0 Å². The molecule has 0 atom stereocenters. The average molecular weight is 319 g/mol. The van der Waals surface area contributed by atoms with Crippen molar-refractivity contribution in [1.29, 1.82) is 0 Å². The number of carbonyl (C=O) groups is 1. The van der Waals surface area contributed by atoms with Crippen molar-refractivity contribution in [2.75, 3.05) is 13.7 Å². The van der Waals surface area contributed by atoms with E-state index in [0.29, 0.717) is 24.8 Å². The van der Waals surface area contributed by atoms with Crippen LogP contribution in [0.25, 0.3) is 0 Å². The number of halogens is 1. The van der Waals surface area contributed by atoms with Crippen LogP contribution in [0.1, 0.15) is 35.7 Å². The van der Waals surface area contributed by atoms with Gasteiger partial charge in [-0.05, 0) is 35.7 Å². The Morgan fingerprint density at radius 1 is 1.17 bits per heavy atom. The smallest absolute Gasteiger partial charge is 0.373 e. The highest BCUT2D eigenvalue weighted by molar-refractivity contribution is 5.86. The molecule has 2 aromatic rings. The maximum atomic E-state index is 13.0. The number of hydrogen-bond acceptors (Lipinski definition) is 4. The van der Waals surface area contributed by atoms with E-state index in [9.17, 15) is 9.18 Å². The van der Waals surface area contributed by atoms with Crippen LogP contribution in [0.5, 0.6) is 0 Å². The van der Waals surface area contributed by atoms with Crippen molar-refractivity contribution in [2.45, 2.75) is 26.9 Å². The molecular formula is C18H22FNO3. The number of esters is 1. The Morgan fingerprint density at radius 3 is 2.48 bits per heavy atom. The van der Waals surface area contributed by atoms with Crippen LogP contribution in [0.3, 0.4) is 0 Å². The summed E-state index contributed by atoms with van der Waals surface area (Å²) in [7, 11) is 1.32. The van der Waals surface area contributed by atoms with E-state index < -0.39 is 5.97 Å². The van der Waals surface area contributed by atoms with Crippen LogP contribution in [-0.2, 0) is 17.8 Å². The maximum Gasteiger partial charge on any atom is 0.373 e. The molecule has 23 heavy (non-hydrogen) atoms. The van der Waals surface area contributed by atoms with Crippen LogP contribution in [0.15, 0.2) is 40.8 Å². The van der Waals surface area contributed by atoms with E-state index >= 15 is 0 Å². The van der Waals surface area contributed by atoms with Crippen molar-refractivity contribution in [1.82, 2.24) is 4.90 Å². The zero-order valence-corrected chi connectivity index (χ0v) is 13.7. The fourth-order valence-corrected chi connectivity index (χ4v) is 2.44. The fraction of sp³-hybridized carbons (Fsp3) is 0.389. The van der Waals surface area contributed by atoms with E-state index in [2.05, 4.69) is 23.5 Å². The highest BCUT2D eigenvalue weighted by atomic mass is 19.1. The minimum absolute atomic E-state index is 0.203. The first-order chi connectivity index (χ1) is 11.0. The van der Waals surface area contributed by atoms with Crippen molar-refractivity contribution in [3.8, 4) is 0 Å². The number of benzene rings is 1. The first-order valence-corrected chi connectivity index (χ1v) is 7.61. The summed E-state index contributed by atoms with van der Waals surface area (Å²) >= 11 is 0. The summed E-state index contributed by atoms with van der Waals surface area (Å²) < 4.78 is 23.2. The maximum absolute atomic E-state index is 13.0. The van der Waals surface area contributed by atoms with Gasteiger partial charge >= 0.3 is 5.97 Å². The van der Waals surface area contributed by atoms with Crippen LogP contribution in [-0.4, -0.2) is 24.5 Å². The molecule has 4 nitrogen and oxygen atoms in total. The molecule has 0 saturated carbocycles. The molecule has 1 heterocycles. The van der Waals surface area contributed by atoms with Crippen LogP contribution in [0.2, 0.25) is 0 Å². The second kappa shape index (κ2) is 7.92. The first-order valence-electron chi connectivity index (χ1n) is 7.61. The number of hydrogen-bond donors (Lipinski definition) is 0. The molecule has 2 rings (SSSR count). The second-order valence-corrected chi connectivity index (χ2v) is 5.95. The molecule has 0 amide bonds. The van der Waals surface area contributed by atoms with Gasteiger partial charge in [-0.2, -0.15) is 0 Å². The number of methoxy groups -OCH3 is 1. The molecule has 0 N–H and O–H groups in total. The molecule has 0 unspecified atom stereocenters. The van der Waals surface area contributed by atoms with Gasteiger partial charge in [0.2, 0.25) is 5.76 Å². The van der Waals surface area contributed by atoms with E-state index in [1.165, 1.54) is 19.2 Å². The van der Waals surface area contributed by atoms with Crippen molar-refractivity contribution < 1.29 is 18.3 Å². The lowest BCUT2D eigenvalue weighted by molar-refractivity contribution is 0.0560. The SMILES string of the molecule is COC(=O)c1ccc(CN(Cc2ccc(F)cc2)CC(C)C)o1. The van der Waals surface area contributed by atoms with E-state index in [0.717, 1.165) is 12.1 Å². The Kier molecular flexibility index (Phi) is 5.93. The summed E-state index contributed by atoms with van der Waals surface area (Å²) in [5.74, 6) is 0.663. The number of nitrogens with zero attached hydrogens (tertiary/aromatic N) is 1. The molecule has 0 saturated heterocycles. The van der Waals surface area contributed by atoms with Gasteiger partial charge in [0.15, 0.2) is 0 Å². The molecule has 0 aliphatic carbocycles. The van der Waals surface area contributed by atoms with E-state index in [-0.39, 0.29) is 11.6 Å². The van der Waals surface area contributed by atoms with Crippen molar-refractivity contribution >= 4 is 5.97 Å². The molecule has 0 aliphatic heterocycles. The van der Waals surface area contributed by atoms with Gasteiger partial charge in [0.05, 0.1) is 13.7 Å². The van der Waals surface area contributed by atoms with Gasteiger partial charge < -0.3 is 9.15 Å². The highest BCUT2D eigenvalue weighted by Crippen LogP contribution is 2.15. The summed E-state index contributed by atoms with van der Waals surface area (Å²) in [5.41, 5.74) is 1.03. The molecule has 0 bridgehead atoms. The van der Waals surface area contributed by atoms with E-state index in [1.54, 1.807) is 24.3 Å². The number of carbonyl (C=O) groups excluding carboxylic acids is 1. The van der Waals surface area contributed by atoms with Gasteiger partial charge in [-0.3, -0.25) is 4.90 Å². The minimum Gasteiger partial charge on any atom is -0.463 e. The molecule has 0 fully saturated rings. The van der Waals surface area contributed by atoms with Crippen LogP contribution < -0.4 is 0 Å². The number of rotatable bonds is 7. The van der Waals surface area contributed by atoms with Crippen molar-refractivity contribution in [3.63, 3.8) is 0 Å². The summed E-state index contributed by atoms with van der Waals surface area (Å²) in [4.78, 5) is 13.7. The Morgan fingerprint density at radius 2 is 1.87 bits per heavy atom. The van der Waals surface area contributed by atoms with Crippen molar-refractivity contribution in [2.24, 2.45) is 5.92 Å². The summed E-state index contributed by atoms with van der Waals surface area (Å²) in [5, 5.41) is 0. The van der Waals surface area contributed by atoms with E-state index in [1.807, 2.05) is 0 Å². The first kappa shape index (κ1) is 17.2. The highest BCUT2D eigenvalue weighted by Gasteiger charge is 2.15. The molecule has 0 aliphatic rings. The summed E-state index contributed by atoms with van der Waals surface area (Å²) in [6, 6.07) is 9.89. The van der Waals surface area contributed by atoms with Crippen LogP contribution in [0, 0.1) is 11.7 Å². The lowest BCUT2D eigenvalue weighted by atomic mass is 10.1. The lowest BCUT2D eigenvalue weighted by Crippen LogP contribution is -2.26.